The molecule has 0 unspecified atom stereocenters. The van der Waals surface area contributed by atoms with Crippen molar-refractivity contribution in [2.75, 3.05) is 5.32 Å². The average Bonchev–Trinajstić information content (AvgIpc) is 3.36. The van der Waals surface area contributed by atoms with Crippen molar-refractivity contribution in [3.63, 3.8) is 0 Å². The second kappa shape index (κ2) is 8.92. The number of ether oxygens (including phenoxy) is 2. The molecule has 0 aromatic heterocycles. The minimum atomic E-state index is -0.517. The summed E-state index contributed by atoms with van der Waals surface area (Å²) in [6.45, 7) is 0. The number of benzene rings is 4. The first-order valence-electron chi connectivity index (χ1n) is 11.2. The normalized spacial score (nSPS) is 13.7. The van der Waals surface area contributed by atoms with E-state index in [0.29, 0.717) is 59.9 Å². The molecule has 0 aliphatic carbocycles. The van der Waals surface area contributed by atoms with Crippen LogP contribution in [-0.2, 0) is 9.59 Å². The van der Waals surface area contributed by atoms with Crippen LogP contribution >= 0.6 is 23.2 Å². The number of anilines is 1. The second-order valence-electron chi connectivity index (χ2n) is 8.43. The Kier molecular flexibility index (Phi) is 5.56. The number of esters is 2. The highest BCUT2D eigenvalue weighted by Gasteiger charge is 2.30. The number of hydrogen-bond donors (Lipinski definition) is 1. The average molecular weight is 528 g/mol. The molecular weight excluding hydrogens is 513 g/mol. The molecule has 8 heteroatoms. The third-order valence-electron chi connectivity index (χ3n) is 6.05. The Morgan fingerprint density at radius 3 is 1.70 bits per heavy atom. The van der Waals surface area contributed by atoms with E-state index in [-0.39, 0.29) is 5.91 Å². The maximum absolute atomic E-state index is 12.8. The lowest BCUT2D eigenvalue weighted by atomic mass is 10.0. The van der Waals surface area contributed by atoms with Crippen LogP contribution in [0.3, 0.4) is 0 Å². The van der Waals surface area contributed by atoms with E-state index in [4.69, 9.17) is 32.7 Å². The Balaban J connectivity index is 1.36. The van der Waals surface area contributed by atoms with Crippen LogP contribution in [0.15, 0.2) is 84.9 Å². The highest BCUT2D eigenvalue weighted by Crippen LogP contribution is 2.28. The fourth-order valence-corrected chi connectivity index (χ4v) is 4.93. The minimum Gasteiger partial charge on any atom is -0.422 e. The molecule has 180 valence electrons. The predicted octanol–water partition coefficient (Wildman–Crippen LogP) is 4.48. The van der Waals surface area contributed by atoms with Gasteiger partial charge in [0.2, 0.25) is 0 Å². The Labute approximate surface area is 220 Å². The molecule has 0 spiro atoms. The van der Waals surface area contributed by atoms with Gasteiger partial charge in [0.15, 0.2) is 0 Å². The zero-order valence-corrected chi connectivity index (χ0v) is 20.4. The molecule has 0 atom stereocenters. The predicted molar refractivity (Wildman–Crippen MR) is 139 cm³/mol. The molecule has 2 heterocycles. The van der Waals surface area contributed by atoms with Crippen LogP contribution in [-0.4, -0.2) is 17.8 Å². The van der Waals surface area contributed by atoms with E-state index in [2.05, 4.69) is 5.32 Å². The largest absolute Gasteiger partial charge is 0.422 e. The molecule has 0 saturated carbocycles. The van der Waals surface area contributed by atoms with Crippen molar-refractivity contribution < 1.29 is 23.9 Å². The van der Waals surface area contributed by atoms with Crippen LogP contribution in [0.25, 0.3) is 11.1 Å². The van der Waals surface area contributed by atoms with E-state index >= 15 is 0 Å². The highest BCUT2D eigenvalue weighted by molar-refractivity contribution is 6.35. The summed E-state index contributed by atoms with van der Waals surface area (Å²) in [5.74, 6) is -0.642. The molecular formula is C29H15Cl2NO5. The smallest absolute Gasteiger partial charge is 0.344 e. The van der Waals surface area contributed by atoms with Crippen LogP contribution in [0.2, 0.25) is 10.0 Å². The van der Waals surface area contributed by atoms with Gasteiger partial charge in [-0.1, -0.05) is 65.7 Å². The summed E-state index contributed by atoms with van der Waals surface area (Å²) in [6.07, 6.45) is 0. The van der Waals surface area contributed by atoms with E-state index in [1.807, 2.05) is 30.3 Å². The van der Waals surface area contributed by atoms with Crippen LogP contribution in [0.4, 0.5) is 5.69 Å². The summed E-state index contributed by atoms with van der Waals surface area (Å²) < 4.78 is 11.1. The zero-order chi connectivity index (χ0) is 25.7. The molecule has 0 fully saturated rings. The maximum atomic E-state index is 12.8. The molecule has 6 rings (SSSR count). The van der Waals surface area contributed by atoms with Crippen molar-refractivity contribution in [1.82, 2.24) is 0 Å². The number of carbonyl (C=O) groups excluding carboxylic acids is 3. The van der Waals surface area contributed by atoms with Crippen molar-refractivity contribution in [2.45, 2.75) is 0 Å². The molecule has 1 amide bonds. The molecule has 0 bridgehead atoms. The first kappa shape index (κ1) is 23.0. The van der Waals surface area contributed by atoms with E-state index in [1.54, 1.807) is 42.5 Å². The first-order valence-corrected chi connectivity index (χ1v) is 11.9. The lowest BCUT2D eigenvalue weighted by Crippen LogP contribution is -2.12. The third kappa shape index (κ3) is 4.16. The van der Waals surface area contributed by atoms with E-state index in [9.17, 15) is 14.4 Å². The molecule has 2 aliphatic rings. The number of amides is 1. The summed E-state index contributed by atoms with van der Waals surface area (Å²) in [4.78, 5) is 38.0. The standard InChI is InChI=1S/C29H15Cl2NO5/c30-18-10-17(11-19(31)12-18)27(33)32-20-8-6-16(7-9-20)26-22-14-23-21(13-24(22)37-29(26)35)25(28(34)36-23)15-4-2-1-3-5-15/h1-14H,(H,32,33). The fourth-order valence-electron chi connectivity index (χ4n) is 4.40. The van der Waals surface area contributed by atoms with Gasteiger partial charge in [-0.3, -0.25) is 4.79 Å². The Morgan fingerprint density at radius 2 is 1.16 bits per heavy atom. The van der Waals surface area contributed by atoms with E-state index < -0.39 is 11.9 Å². The molecule has 0 radical (unpaired) electrons. The van der Waals surface area contributed by atoms with Gasteiger partial charge in [-0.2, -0.15) is 0 Å². The van der Waals surface area contributed by atoms with Crippen LogP contribution < -0.4 is 25.2 Å². The highest BCUT2D eigenvalue weighted by atomic mass is 35.5. The van der Waals surface area contributed by atoms with Crippen LogP contribution in [0.5, 0.6) is 11.5 Å². The summed E-state index contributed by atoms with van der Waals surface area (Å²) in [5.41, 5.74) is 2.90. The monoisotopic (exact) mass is 527 g/mol. The van der Waals surface area contributed by atoms with Crippen molar-refractivity contribution in [2.24, 2.45) is 0 Å². The molecule has 6 nitrogen and oxygen atoms in total. The minimum absolute atomic E-state index is 0.319. The molecule has 4 aromatic carbocycles. The van der Waals surface area contributed by atoms with Crippen molar-refractivity contribution in [3.05, 3.63) is 122 Å². The topological polar surface area (TPSA) is 81.7 Å². The first-order chi connectivity index (χ1) is 17.9. The van der Waals surface area contributed by atoms with Gasteiger partial charge in [0.1, 0.15) is 11.5 Å². The maximum Gasteiger partial charge on any atom is 0.344 e. The van der Waals surface area contributed by atoms with Crippen molar-refractivity contribution >= 4 is 57.9 Å². The molecule has 2 aliphatic heterocycles. The van der Waals surface area contributed by atoms with Gasteiger partial charge in [-0.15, -0.1) is 0 Å². The van der Waals surface area contributed by atoms with Gasteiger partial charge in [0, 0.05) is 31.7 Å². The van der Waals surface area contributed by atoms with Crippen molar-refractivity contribution in [1.29, 1.82) is 0 Å². The van der Waals surface area contributed by atoms with Gasteiger partial charge < -0.3 is 14.8 Å². The van der Waals surface area contributed by atoms with Crippen molar-refractivity contribution in [3.8, 4) is 11.5 Å². The fraction of sp³-hybridized carbons (Fsp3) is 0. The summed E-state index contributed by atoms with van der Waals surface area (Å²) in [7, 11) is 0. The quantitative estimate of drug-likeness (QED) is 0.312. The summed E-state index contributed by atoms with van der Waals surface area (Å²) in [6, 6.07) is 23.8. The Hall–Kier alpha value is -4.39. The van der Waals surface area contributed by atoms with Gasteiger partial charge in [0.05, 0.1) is 11.1 Å². The summed E-state index contributed by atoms with van der Waals surface area (Å²) >= 11 is 12.0. The summed E-state index contributed by atoms with van der Waals surface area (Å²) in [5, 5.41) is 4.58. The molecule has 1 N–H and O–H groups in total. The number of carbonyl (C=O) groups is 3. The van der Waals surface area contributed by atoms with Gasteiger partial charge in [-0.05, 0) is 53.6 Å². The number of hydrogen-bond acceptors (Lipinski definition) is 5. The SMILES string of the molecule is O=C1Oc2cc3c(cc2=C1c1ccccc1)OC(=O)C=3c1ccc(NC(=O)c2cc(Cl)cc(Cl)c2)cc1. The Bertz CT molecular complexity index is 1740. The van der Waals surface area contributed by atoms with Crippen LogP contribution in [0, 0.1) is 0 Å². The second-order valence-corrected chi connectivity index (χ2v) is 9.30. The third-order valence-corrected chi connectivity index (χ3v) is 6.49. The number of halogens is 2. The molecule has 4 aromatic rings. The molecule has 37 heavy (non-hydrogen) atoms. The van der Waals surface area contributed by atoms with Gasteiger partial charge >= 0.3 is 11.9 Å². The number of fused-ring (bicyclic) bond motifs is 2. The van der Waals surface area contributed by atoms with E-state index in [1.165, 1.54) is 12.1 Å². The zero-order valence-electron chi connectivity index (χ0n) is 18.9. The van der Waals surface area contributed by atoms with E-state index in [0.717, 1.165) is 5.56 Å². The van der Waals surface area contributed by atoms with Crippen LogP contribution in [0.1, 0.15) is 21.5 Å². The lowest BCUT2D eigenvalue weighted by molar-refractivity contribution is -0.128. The number of rotatable bonds is 4. The Morgan fingerprint density at radius 1 is 0.649 bits per heavy atom. The van der Waals surface area contributed by atoms with Gasteiger partial charge in [0.25, 0.3) is 5.91 Å². The molecule has 0 saturated heterocycles. The van der Waals surface area contributed by atoms with Gasteiger partial charge in [-0.25, -0.2) is 9.59 Å². The number of nitrogens with one attached hydrogen (secondary N) is 1. The lowest BCUT2D eigenvalue weighted by Gasteiger charge is -2.07.